The average Bonchev–Trinajstić information content (AvgIpc) is 3.32. The maximum absolute atomic E-state index is 12.8. The third-order valence-corrected chi connectivity index (χ3v) is 4.51. The van der Waals surface area contributed by atoms with E-state index in [2.05, 4.69) is 15.4 Å². The third kappa shape index (κ3) is 3.31. The Morgan fingerprint density at radius 2 is 1.93 bits per heavy atom. The minimum Gasteiger partial charge on any atom is -0.322 e. The number of amides is 1. The lowest BCUT2D eigenvalue weighted by Crippen LogP contribution is -2.14. The molecule has 0 fully saturated rings. The molecule has 0 aliphatic carbocycles. The van der Waals surface area contributed by atoms with Gasteiger partial charge in [-0.1, -0.05) is 11.6 Å². The summed E-state index contributed by atoms with van der Waals surface area (Å²) in [4.78, 5) is 17.2. The van der Waals surface area contributed by atoms with E-state index in [1.165, 1.54) is 0 Å². The smallest absolute Gasteiger partial charge is 0.257 e. The maximum Gasteiger partial charge on any atom is 0.257 e. The molecule has 0 saturated carbocycles. The number of carbonyl (C=O) groups is 1. The van der Waals surface area contributed by atoms with Gasteiger partial charge in [0.1, 0.15) is 0 Å². The van der Waals surface area contributed by atoms with Gasteiger partial charge in [-0.15, -0.1) is 0 Å². The zero-order valence-electron chi connectivity index (χ0n) is 14.9. The van der Waals surface area contributed by atoms with Crippen LogP contribution in [0.1, 0.15) is 30.2 Å². The summed E-state index contributed by atoms with van der Waals surface area (Å²) in [5.74, 6) is -0.238. The highest BCUT2D eigenvalue weighted by atomic mass is 35.5. The summed E-state index contributed by atoms with van der Waals surface area (Å²) in [5, 5.41) is 8.72. The van der Waals surface area contributed by atoms with Crippen LogP contribution in [0.3, 0.4) is 0 Å². The number of pyridine rings is 1. The summed E-state index contributed by atoms with van der Waals surface area (Å²) in [7, 11) is 0. The van der Waals surface area contributed by atoms with Crippen molar-refractivity contribution in [2.75, 3.05) is 5.32 Å². The van der Waals surface area contributed by atoms with Gasteiger partial charge in [0, 0.05) is 35.0 Å². The molecule has 6 nitrogen and oxygen atoms in total. The van der Waals surface area contributed by atoms with E-state index in [4.69, 9.17) is 11.6 Å². The molecule has 27 heavy (non-hydrogen) atoms. The van der Waals surface area contributed by atoms with E-state index in [1.807, 2.05) is 53.7 Å². The Labute approximate surface area is 161 Å². The molecular weight excluding hydrogens is 362 g/mol. The van der Waals surface area contributed by atoms with E-state index < -0.39 is 0 Å². The first kappa shape index (κ1) is 17.3. The molecule has 7 heteroatoms. The number of halogens is 1. The Kier molecular flexibility index (Phi) is 4.41. The van der Waals surface area contributed by atoms with Gasteiger partial charge in [0.25, 0.3) is 5.91 Å². The number of aromatic nitrogens is 4. The number of nitrogens with zero attached hydrogens (tertiary/aromatic N) is 4. The van der Waals surface area contributed by atoms with Crippen LogP contribution in [-0.4, -0.2) is 25.2 Å². The predicted octanol–water partition coefficient (Wildman–Crippen LogP) is 4.71. The highest BCUT2D eigenvalue weighted by molar-refractivity contribution is 6.31. The lowest BCUT2D eigenvalue weighted by atomic mass is 10.2. The Morgan fingerprint density at radius 3 is 2.67 bits per heavy atom. The Balaban J connectivity index is 1.66. The fraction of sp³-hybridized carbons (Fsp3) is 0.150. The van der Waals surface area contributed by atoms with Crippen molar-refractivity contribution in [2.24, 2.45) is 0 Å². The number of benzene rings is 1. The second-order valence-corrected chi connectivity index (χ2v) is 6.96. The molecule has 0 spiro atoms. The number of anilines is 1. The fourth-order valence-electron chi connectivity index (χ4n) is 2.96. The van der Waals surface area contributed by atoms with Gasteiger partial charge >= 0.3 is 0 Å². The monoisotopic (exact) mass is 379 g/mol. The second-order valence-electron chi connectivity index (χ2n) is 6.53. The van der Waals surface area contributed by atoms with Crippen molar-refractivity contribution in [1.29, 1.82) is 0 Å². The van der Waals surface area contributed by atoms with Crippen LogP contribution in [0, 0.1) is 0 Å². The molecular formula is C20H18ClN5O. The molecule has 3 heterocycles. The summed E-state index contributed by atoms with van der Waals surface area (Å²) in [5.41, 5.74) is 2.70. The summed E-state index contributed by atoms with van der Waals surface area (Å²) in [6.45, 7) is 4.08. The lowest BCUT2D eigenvalue weighted by molar-refractivity contribution is 0.102. The first-order valence-electron chi connectivity index (χ1n) is 8.60. The van der Waals surface area contributed by atoms with E-state index in [9.17, 15) is 4.79 Å². The summed E-state index contributed by atoms with van der Waals surface area (Å²) >= 11 is 6.14. The summed E-state index contributed by atoms with van der Waals surface area (Å²) < 4.78 is 3.73. The normalized spacial score (nSPS) is 11.3. The number of nitrogens with one attached hydrogen (secondary N) is 1. The standard InChI is InChI=1S/C20H18ClN5O/c1-13(2)26-19-14(12-23-26)9-15(11-22-19)20(27)24-17-6-5-16(21)10-18(17)25-7-3-4-8-25/h3-13H,1-2H3,(H,24,27). The molecule has 1 amide bonds. The van der Waals surface area contributed by atoms with Gasteiger partial charge in [0.15, 0.2) is 5.65 Å². The van der Waals surface area contributed by atoms with Gasteiger partial charge < -0.3 is 9.88 Å². The van der Waals surface area contributed by atoms with Crippen LogP contribution in [0.15, 0.2) is 61.2 Å². The van der Waals surface area contributed by atoms with Gasteiger partial charge in [0.2, 0.25) is 0 Å². The van der Waals surface area contributed by atoms with Crippen molar-refractivity contribution in [3.05, 3.63) is 71.8 Å². The maximum atomic E-state index is 12.8. The minimum absolute atomic E-state index is 0.202. The molecule has 0 bridgehead atoms. The fourth-order valence-corrected chi connectivity index (χ4v) is 3.12. The van der Waals surface area contributed by atoms with Gasteiger partial charge in [-0.05, 0) is 50.2 Å². The van der Waals surface area contributed by atoms with Crippen molar-refractivity contribution < 1.29 is 4.79 Å². The molecule has 0 aliphatic rings. The molecule has 1 N–H and O–H groups in total. The quantitative estimate of drug-likeness (QED) is 0.558. The number of rotatable bonds is 4. The molecule has 4 aromatic rings. The van der Waals surface area contributed by atoms with Crippen LogP contribution in [0.25, 0.3) is 16.7 Å². The topological polar surface area (TPSA) is 64.7 Å². The van der Waals surface area contributed by atoms with E-state index in [1.54, 1.807) is 30.6 Å². The van der Waals surface area contributed by atoms with E-state index in [-0.39, 0.29) is 11.9 Å². The molecule has 3 aromatic heterocycles. The van der Waals surface area contributed by atoms with Gasteiger partial charge in [-0.3, -0.25) is 4.79 Å². The average molecular weight is 380 g/mol. The Bertz CT molecular complexity index is 1110. The molecule has 0 radical (unpaired) electrons. The Morgan fingerprint density at radius 1 is 1.15 bits per heavy atom. The molecule has 4 rings (SSSR count). The predicted molar refractivity (Wildman–Crippen MR) is 107 cm³/mol. The largest absolute Gasteiger partial charge is 0.322 e. The first-order valence-corrected chi connectivity index (χ1v) is 8.98. The SMILES string of the molecule is CC(C)n1ncc2cc(C(=O)Nc3ccc(Cl)cc3-n3cccc3)cnc21. The molecule has 136 valence electrons. The minimum atomic E-state index is -0.238. The van der Waals surface area contributed by atoms with Gasteiger partial charge in [-0.2, -0.15) is 5.10 Å². The number of carbonyl (C=O) groups excluding carboxylic acids is 1. The van der Waals surface area contributed by atoms with Crippen molar-refractivity contribution in [3.8, 4) is 5.69 Å². The first-order chi connectivity index (χ1) is 13.0. The summed E-state index contributed by atoms with van der Waals surface area (Å²) in [6.07, 6.45) is 7.10. The summed E-state index contributed by atoms with van der Waals surface area (Å²) in [6, 6.07) is 11.2. The van der Waals surface area contributed by atoms with Crippen molar-refractivity contribution in [3.63, 3.8) is 0 Å². The van der Waals surface area contributed by atoms with Crippen LogP contribution in [0.4, 0.5) is 5.69 Å². The van der Waals surface area contributed by atoms with Crippen molar-refractivity contribution in [2.45, 2.75) is 19.9 Å². The van der Waals surface area contributed by atoms with E-state index >= 15 is 0 Å². The molecule has 0 saturated heterocycles. The van der Waals surface area contributed by atoms with Crippen molar-refractivity contribution in [1.82, 2.24) is 19.3 Å². The Hall–Kier alpha value is -3.12. The van der Waals surface area contributed by atoms with Gasteiger partial charge in [-0.25, -0.2) is 9.67 Å². The number of hydrogen-bond donors (Lipinski definition) is 1. The van der Waals surface area contributed by atoms with Crippen LogP contribution in [-0.2, 0) is 0 Å². The van der Waals surface area contributed by atoms with Crippen molar-refractivity contribution >= 4 is 34.2 Å². The lowest BCUT2D eigenvalue weighted by Gasteiger charge is -2.13. The zero-order chi connectivity index (χ0) is 19.0. The molecule has 1 aromatic carbocycles. The number of fused-ring (bicyclic) bond motifs is 1. The van der Waals surface area contributed by atoms with Crippen LogP contribution in [0.5, 0.6) is 0 Å². The van der Waals surface area contributed by atoms with Crippen LogP contribution < -0.4 is 5.32 Å². The number of hydrogen-bond acceptors (Lipinski definition) is 3. The third-order valence-electron chi connectivity index (χ3n) is 4.28. The molecule has 0 atom stereocenters. The zero-order valence-corrected chi connectivity index (χ0v) is 15.7. The van der Waals surface area contributed by atoms with Gasteiger partial charge in [0.05, 0.1) is 23.1 Å². The molecule has 0 unspecified atom stereocenters. The van der Waals surface area contributed by atoms with E-state index in [0.717, 1.165) is 16.7 Å². The molecule has 0 aliphatic heterocycles. The van der Waals surface area contributed by atoms with E-state index in [0.29, 0.717) is 16.3 Å². The highest BCUT2D eigenvalue weighted by Crippen LogP contribution is 2.25. The second kappa shape index (κ2) is 6.89. The van der Waals surface area contributed by atoms with Crippen LogP contribution >= 0.6 is 11.6 Å². The highest BCUT2D eigenvalue weighted by Gasteiger charge is 2.14. The van der Waals surface area contributed by atoms with Crippen LogP contribution in [0.2, 0.25) is 5.02 Å².